The summed E-state index contributed by atoms with van der Waals surface area (Å²) in [4.78, 5) is 11.1. The van der Waals surface area contributed by atoms with Crippen LogP contribution in [0.25, 0.3) is 0 Å². The zero-order valence-electron chi connectivity index (χ0n) is 6.94. The fraction of sp³-hybridized carbons (Fsp3) is 0.429. The van der Waals surface area contributed by atoms with E-state index in [0.717, 1.165) is 5.69 Å². The molecule has 5 heteroatoms. The van der Waals surface area contributed by atoms with Crippen LogP contribution in [0.5, 0.6) is 0 Å². The maximum absolute atomic E-state index is 11.1. The Morgan fingerprint density at radius 1 is 1.83 bits per heavy atom. The lowest BCUT2D eigenvalue weighted by Crippen LogP contribution is -2.05. The van der Waals surface area contributed by atoms with Crippen molar-refractivity contribution in [3.8, 4) is 0 Å². The quantitative estimate of drug-likeness (QED) is 0.544. The van der Waals surface area contributed by atoms with E-state index in [9.17, 15) is 4.79 Å². The van der Waals surface area contributed by atoms with Gasteiger partial charge in [-0.15, -0.1) is 0 Å². The second-order valence-electron chi connectivity index (χ2n) is 2.28. The Morgan fingerprint density at radius 2 is 2.50 bits per heavy atom. The topological polar surface area (TPSA) is 44.1 Å². The Bertz CT molecular complexity index is 296. The zero-order chi connectivity index (χ0) is 9.14. The average Bonchev–Trinajstić information content (AvgIpc) is 2.45. The van der Waals surface area contributed by atoms with Crippen molar-refractivity contribution in [3.05, 3.63) is 17.5 Å². The summed E-state index contributed by atoms with van der Waals surface area (Å²) in [6, 6.07) is 0. The molecule has 0 saturated heterocycles. The summed E-state index contributed by atoms with van der Waals surface area (Å²) < 4.78 is 6.18. The number of aryl methyl sites for hydroxylation is 1. The molecule has 0 aliphatic heterocycles. The lowest BCUT2D eigenvalue weighted by atomic mass is 10.3. The van der Waals surface area contributed by atoms with Crippen LogP contribution in [0.2, 0.25) is 0 Å². The van der Waals surface area contributed by atoms with Crippen molar-refractivity contribution >= 4 is 18.6 Å². The van der Waals surface area contributed by atoms with Gasteiger partial charge in [0, 0.05) is 12.8 Å². The molecule has 4 nitrogen and oxygen atoms in total. The minimum atomic E-state index is -0.368. The standard InChI is InChI=1S/C7H10N2O2S/c1-9-6(4-12)5(3-8-9)7(10)11-2/h3,12H,4H2,1-2H3. The van der Waals surface area contributed by atoms with Crippen LogP contribution in [-0.2, 0) is 17.5 Å². The van der Waals surface area contributed by atoms with Crippen LogP contribution in [0.4, 0.5) is 0 Å². The van der Waals surface area contributed by atoms with Crippen LogP contribution in [0.15, 0.2) is 6.20 Å². The molecule has 1 aromatic heterocycles. The molecule has 0 spiro atoms. The molecule has 0 fully saturated rings. The molecular formula is C7H10N2O2S. The largest absolute Gasteiger partial charge is 0.465 e. The van der Waals surface area contributed by atoms with Gasteiger partial charge in [0.15, 0.2) is 0 Å². The maximum Gasteiger partial charge on any atom is 0.341 e. The van der Waals surface area contributed by atoms with Gasteiger partial charge in [0.05, 0.1) is 19.0 Å². The van der Waals surface area contributed by atoms with Crippen LogP contribution in [0, 0.1) is 0 Å². The predicted octanol–water partition coefficient (Wildman–Crippen LogP) is 0.636. The molecule has 0 radical (unpaired) electrons. The van der Waals surface area contributed by atoms with Crippen molar-refractivity contribution in [1.82, 2.24) is 9.78 Å². The van der Waals surface area contributed by atoms with Crippen LogP contribution in [-0.4, -0.2) is 22.9 Å². The number of hydrogen-bond acceptors (Lipinski definition) is 4. The lowest BCUT2D eigenvalue weighted by Gasteiger charge is -1.99. The van der Waals surface area contributed by atoms with Crippen molar-refractivity contribution in [2.24, 2.45) is 7.05 Å². The van der Waals surface area contributed by atoms with Gasteiger partial charge < -0.3 is 4.74 Å². The maximum atomic E-state index is 11.1. The Morgan fingerprint density at radius 3 is 3.00 bits per heavy atom. The molecule has 0 bridgehead atoms. The monoisotopic (exact) mass is 186 g/mol. The molecule has 1 rings (SSSR count). The van der Waals surface area contributed by atoms with Gasteiger partial charge in [0.25, 0.3) is 0 Å². The Hall–Kier alpha value is -0.970. The molecule has 0 amide bonds. The van der Waals surface area contributed by atoms with Gasteiger partial charge in [-0.2, -0.15) is 17.7 Å². The molecule has 0 aromatic carbocycles. The van der Waals surface area contributed by atoms with Crippen molar-refractivity contribution < 1.29 is 9.53 Å². The van der Waals surface area contributed by atoms with Gasteiger partial charge >= 0.3 is 5.97 Å². The smallest absolute Gasteiger partial charge is 0.341 e. The number of carbonyl (C=O) groups excluding carboxylic acids is 1. The van der Waals surface area contributed by atoms with E-state index >= 15 is 0 Å². The van der Waals surface area contributed by atoms with Gasteiger partial charge in [0.1, 0.15) is 5.56 Å². The molecule has 0 unspecified atom stereocenters. The molecule has 66 valence electrons. The summed E-state index contributed by atoms with van der Waals surface area (Å²) in [5.74, 6) is 0.105. The third-order valence-corrected chi connectivity index (χ3v) is 1.92. The molecule has 1 heterocycles. The molecule has 0 aliphatic rings. The summed E-state index contributed by atoms with van der Waals surface area (Å²) in [6.07, 6.45) is 1.48. The van der Waals surface area contributed by atoms with E-state index in [1.54, 1.807) is 11.7 Å². The lowest BCUT2D eigenvalue weighted by molar-refractivity contribution is 0.0599. The second kappa shape index (κ2) is 3.62. The van der Waals surface area contributed by atoms with E-state index in [1.165, 1.54) is 13.3 Å². The van der Waals surface area contributed by atoms with E-state index < -0.39 is 0 Å². The molecule has 0 aliphatic carbocycles. The molecule has 0 saturated carbocycles. The summed E-state index contributed by atoms with van der Waals surface area (Å²) >= 11 is 4.08. The average molecular weight is 186 g/mol. The first-order valence-electron chi connectivity index (χ1n) is 3.40. The molecular weight excluding hydrogens is 176 g/mol. The molecule has 0 atom stereocenters. The number of rotatable bonds is 2. The minimum absolute atomic E-state index is 0.368. The van der Waals surface area contributed by atoms with Crippen molar-refractivity contribution in [3.63, 3.8) is 0 Å². The zero-order valence-corrected chi connectivity index (χ0v) is 7.84. The minimum Gasteiger partial charge on any atom is -0.465 e. The number of esters is 1. The van der Waals surface area contributed by atoms with Crippen molar-refractivity contribution in [2.75, 3.05) is 7.11 Å². The van der Waals surface area contributed by atoms with Crippen molar-refractivity contribution in [2.45, 2.75) is 5.75 Å². The van der Waals surface area contributed by atoms with Crippen LogP contribution < -0.4 is 0 Å². The van der Waals surface area contributed by atoms with Crippen molar-refractivity contribution in [1.29, 1.82) is 0 Å². The summed E-state index contributed by atoms with van der Waals surface area (Å²) in [5.41, 5.74) is 1.25. The van der Waals surface area contributed by atoms with Gasteiger partial charge in [0.2, 0.25) is 0 Å². The number of thiol groups is 1. The fourth-order valence-corrected chi connectivity index (χ4v) is 1.31. The predicted molar refractivity (Wildman–Crippen MR) is 47.2 cm³/mol. The Kier molecular flexibility index (Phi) is 2.75. The number of nitrogens with zero attached hydrogens (tertiary/aromatic N) is 2. The third-order valence-electron chi connectivity index (χ3n) is 1.62. The van der Waals surface area contributed by atoms with Gasteiger partial charge in [-0.25, -0.2) is 4.79 Å². The third kappa shape index (κ3) is 1.45. The fourth-order valence-electron chi connectivity index (χ4n) is 0.931. The van der Waals surface area contributed by atoms with Crippen LogP contribution in [0.1, 0.15) is 16.1 Å². The summed E-state index contributed by atoms with van der Waals surface area (Å²) in [7, 11) is 3.11. The Labute approximate surface area is 75.9 Å². The van der Waals surface area contributed by atoms with Crippen LogP contribution in [0.3, 0.4) is 0 Å². The highest BCUT2D eigenvalue weighted by atomic mass is 32.1. The van der Waals surface area contributed by atoms with E-state index in [-0.39, 0.29) is 5.97 Å². The number of ether oxygens (including phenoxy) is 1. The van der Waals surface area contributed by atoms with Gasteiger partial charge in [-0.05, 0) is 0 Å². The molecule has 12 heavy (non-hydrogen) atoms. The first-order valence-corrected chi connectivity index (χ1v) is 4.04. The normalized spacial score (nSPS) is 9.92. The van der Waals surface area contributed by atoms with E-state index in [1.807, 2.05) is 0 Å². The van der Waals surface area contributed by atoms with E-state index in [4.69, 9.17) is 0 Å². The second-order valence-corrected chi connectivity index (χ2v) is 2.59. The highest BCUT2D eigenvalue weighted by molar-refractivity contribution is 7.79. The Balaban J connectivity index is 3.07. The molecule has 1 aromatic rings. The number of aromatic nitrogens is 2. The summed E-state index contributed by atoms with van der Waals surface area (Å²) in [5, 5.41) is 3.92. The highest BCUT2D eigenvalue weighted by Crippen LogP contribution is 2.10. The summed E-state index contributed by atoms with van der Waals surface area (Å²) in [6.45, 7) is 0. The van der Waals surface area contributed by atoms with Gasteiger partial charge in [-0.3, -0.25) is 4.68 Å². The van der Waals surface area contributed by atoms with Gasteiger partial charge in [-0.1, -0.05) is 0 Å². The first-order chi connectivity index (χ1) is 5.70. The molecule has 0 N–H and O–H groups in total. The SMILES string of the molecule is COC(=O)c1cnn(C)c1CS. The number of hydrogen-bond donors (Lipinski definition) is 1. The van der Waals surface area contributed by atoms with Crippen LogP contribution >= 0.6 is 12.6 Å². The number of methoxy groups -OCH3 is 1. The number of carbonyl (C=O) groups is 1. The first kappa shape index (κ1) is 9.12. The van der Waals surface area contributed by atoms with E-state index in [0.29, 0.717) is 11.3 Å². The van der Waals surface area contributed by atoms with E-state index in [2.05, 4.69) is 22.5 Å². The highest BCUT2D eigenvalue weighted by Gasteiger charge is 2.14.